The van der Waals surface area contributed by atoms with Gasteiger partial charge in [-0.2, -0.15) is 0 Å². The summed E-state index contributed by atoms with van der Waals surface area (Å²) in [5, 5.41) is 3.12. The van der Waals surface area contributed by atoms with Crippen molar-refractivity contribution in [2.45, 2.75) is 13.3 Å². The van der Waals surface area contributed by atoms with Crippen LogP contribution in [0.1, 0.15) is 13.3 Å². The molecule has 1 N–H and O–H groups in total. The van der Waals surface area contributed by atoms with Gasteiger partial charge in [-0.15, -0.1) is 0 Å². The molecule has 0 spiro atoms. The number of halogens is 1. The highest BCUT2D eigenvalue weighted by Crippen LogP contribution is 2.37. The topological polar surface area (TPSA) is 47.6 Å². The van der Waals surface area contributed by atoms with E-state index >= 15 is 0 Å². The molecule has 0 atom stereocenters. The number of rotatable bonds is 2. The average molecular weight is 268 g/mol. The van der Waals surface area contributed by atoms with E-state index in [1.165, 1.54) is 6.08 Å². The van der Waals surface area contributed by atoms with Crippen LogP contribution in [0.2, 0.25) is 5.02 Å². The molecule has 2 rings (SSSR count). The molecule has 1 aromatic carbocycles. The lowest BCUT2D eigenvalue weighted by atomic mass is 10.2. The quantitative estimate of drug-likeness (QED) is 0.838. The highest BCUT2D eigenvalue weighted by Gasteiger charge is 2.14. The van der Waals surface area contributed by atoms with Crippen molar-refractivity contribution in [1.82, 2.24) is 0 Å². The number of carbonyl (C=O) groups is 1. The lowest BCUT2D eigenvalue weighted by Gasteiger charge is -2.11. The fourth-order valence-corrected chi connectivity index (χ4v) is 1.81. The Balaban J connectivity index is 2.26. The van der Waals surface area contributed by atoms with Crippen LogP contribution in [-0.4, -0.2) is 19.1 Å². The molecule has 0 radical (unpaired) electrons. The summed E-state index contributed by atoms with van der Waals surface area (Å²) in [6.45, 7) is 2.97. The fourth-order valence-electron chi connectivity index (χ4n) is 1.61. The van der Waals surface area contributed by atoms with Crippen molar-refractivity contribution in [3.8, 4) is 11.5 Å². The number of nitrogens with one attached hydrogen (secondary N) is 1. The lowest BCUT2D eigenvalue weighted by molar-refractivity contribution is -0.111. The third-order valence-electron chi connectivity index (χ3n) is 2.41. The number of fused-ring (bicyclic) bond motifs is 1. The van der Waals surface area contributed by atoms with Crippen LogP contribution in [0.25, 0.3) is 0 Å². The maximum atomic E-state index is 11.5. The molecule has 1 aliphatic rings. The van der Waals surface area contributed by atoms with Gasteiger partial charge in [0.15, 0.2) is 11.5 Å². The van der Waals surface area contributed by atoms with Gasteiger partial charge in [0.2, 0.25) is 5.91 Å². The molecule has 0 unspecified atom stereocenters. The van der Waals surface area contributed by atoms with Crippen LogP contribution in [0.4, 0.5) is 5.69 Å². The molecule has 0 fully saturated rings. The SMILES string of the molecule is CC=CC(=O)Nc1cc2c(cc1Cl)OCCCO2. The summed E-state index contributed by atoms with van der Waals surface area (Å²) in [4.78, 5) is 11.5. The highest BCUT2D eigenvalue weighted by atomic mass is 35.5. The molecule has 0 saturated heterocycles. The van der Waals surface area contributed by atoms with E-state index in [0.29, 0.717) is 35.4 Å². The van der Waals surface area contributed by atoms with Crippen molar-refractivity contribution in [2.75, 3.05) is 18.5 Å². The van der Waals surface area contributed by atoms with Gasteiger partial charge in [0, 0.05) is 18.6 Å². The minimum absolute atomic E-state index is 0.228. The van der Waals surface area contributed by atoms with Crippen LogP contribution in [0.5, 0.6) is 11.5 Å². The fraction of sp³-hybridized carbons (Fsp3) is 0.308. The molecule has 0 aromatic heterocycles. The zero-order valence-electron chi connectivity index (χ0n) is 10.0. The number of anilines is 1. The zero-order chi connectivity index (χ0) is 13.0. The van der Waals surface area contributed by atoms with Gasteiger partial charge in [0.25, 0.3) is 0 Å². The predicted octanol–water partition coefficient (Wildman–Crippen LogP) is 3.02. The summed E-state index contributed by atoms with van der Waals surface area (Å²) in [5.74, 6) is 0.989. The van der Waals surface area contributed by atoms with Gasteiger partial charge in [0.05, 0.1) is 23.9 Å². The maximum Gasteiger partial charge on any atom is 0.248 e. The number of amides is 1. The van der Waals surface area contributed by atoms with E-state index in [9.17, 15) is 4.79 Å². The van der Waals surface area contributed by atoms with E-state index in [1.54, 1.807) is 25.1 Å². The minimum Gasteiger partial charge on any atom is -0.490 e. The number of carbonyl (C=O) groups excluding carboxylic acids is 1. The molecule has 0 aliphatic carbocycles. The first kappa shape index (κ1) is 12.8. The molecular weight excluding hydrogens is 254 g/mol. The minimum atomic E-state index is -0.228. The molecule has 1 aromatic rings. The summed E-state index contributed by atoms with van der Waals surface area (Å²) < 4.78 is 11.0. The van der Waals surface area contributed by atoms with Crippen molar-refractivity contribution >= 4 is 23.2 Å². The maximum absolute atomic E-state index is 11.5. The second-order valence-electron chi connectivity index (χ2n) is 3.82. The lowest BCUT2D eigenvalue weighted by Crippen LogP contribution is -2.08. The van der Waals surface area contributed by atoms with Crippen LogP contribution in [0.3, 0.4) is 0 Å². The number of hydrogen-bond acceptors (Lipinski definition) is 3. The van der Waals surface area contributed by atoms with Crippen LogP contribution in [0.15, 0.2) is 24.3 Å². The Hall–Kier alpha value is -1.68. The van der Waals surface area contributed by atoms with E-state index in [-0.39, 0.29) is 5.91 Å². The Morgan fingerprint density at radius 3 is 2.67 bits per heavy atom. The monoisotopic (exact) mass is 267 g/mol. The van der Waals surface area contributed by atoms with Crippen molar-refractivity contribution in [2.24, 2.45) is 0 Å². The Kier molecular flexibility index (Phi) is 4.10. The number of hydrogen-bond donors (Lipinski definition) is 1. The van der Waals surface area contributed by atoms with Gasteiger partial charge in [-0.1, -0.05) is 17.7 Å². The van der Waals surface area contributed by atoms with Crippen LogP contribution in [0, 0.1) is 0 Å². The van der Waals surface area contributed by atoms with Crippen LogP contribution >= 0.6 is 11.6 Å². The normalized spacial score (nSPS) is 14.3. The van der Waals surface area contributed by atoms with Gasteiger partial charge in [-0.05, 0) is 13.0 Å². The molecule has 0 bridgehead atoms. The van der Waals surface area contributed by atoms with E-state index < -0.39 is 0 Å². The average Bonchev–Trinajstić information content (AvgIpc) is 2.55. The summed E-state index contributed by atoms with van der Waals surface area (Å²) in [5.41, 5.74) is 0.518. The second-order valence-corrected chi connectivity index (χ2v) is 4.23. The molecule has 1 heterocycles. The van der Waals surface area contributed by atoms with E-state index in [4.69, 9.17) is 21.1 Å². The summed E-state index contributed by atoms with van der Waals surface area (Å²) in [6.07, 6.45) is 3.91. The molecule has 1 amide bonds. The van der Waals surface area contributed by atoms with Gasteiger partial charge in [0.1, 0.15) is 0 Å². The number of benzene rings is 1. The summed E-state index contributed by atoms with van der Waals surface area (Å²) in [6, 6.07) is 3.35. The molecule has 4 nitrogen and oxygen atoms in total. The van der Waals surface area contributed by atoms with Crippen LogP contribution < -0.4 is 14.8 Å². The molecule has 5 heteroatoms. The van der Waals surface area contributed by atoms with Gasteiger partial charge < -0.3 is 14.8 Å². The largest absolute Gasteiger partial charge is 0.490 e. The third-order valence-corrected chi connectivity index (χ3v) is 2.73. The number of allylic oxidation sites excluding steroid dienone is 1. The Morgan fingerprint density at radius 2 is 2.00 bits per heavy atom. The van der Waals surface area contributed by atoms with Crippen molar-refractivity contribution < 1.29 is 14.3 Å². The Labute approximate surface area is 111 Å². The summed E-state index contributed by atoms with van der Waals surface area (Å²) >= 11 is 6.08. The zero-order valence-corrected chi connectivity index (χ0v) is 10.8. The van der Waals surface area contributed by atoms with Crippen molar-refractivity contribution in [3.05, 3.63) is 29.3 Å². The smallest absolute Gasteiger partial charge is 0.248 e. The molecular formula is C13H14ClNO3. The number of ether oxygens (including phenoxy) is 2. The van der Waals surface area contributed by atoms with Crippen LogP contribution in [-0.2, 0) is 4.79 Å². The third kappa shape index (κ3) is 2.96. The molecule has 18 heavy (non-hydrogen) atoms. The molecule has 96 valence electrons. The van der Waals surface area contributed by atoms with E-state index in [2.05, 4.69) is 5.32 Å². The first-order chi connectivity index (χ1) is 8.70. The molecule has 0 saturated carbocycles. The standard InChI is InChI=1S/C13H14ClNO3/c1-2-4-13(16)15-10-8-12-11(7-9(10)14)17-5-3-6-18-12/h2,4,7-8H,3,5-6H2,1H3,(H,15,16). The Bertz CT molecular complexity index is 485. The van der Waals surface area contributed by atoms with Gasteiger partial charge >= 0.3 is 0 Å². The van der Waals surface area contributed by atoms with Gasteiger partial charge in [-0.3, -0.25) is 4.79 Å². The first-order valence-corrected chi connectivity index (χ1v) is 6.11. The first-order valence-electron chi connectivity index (χ1n) is 5.73. The summed E-state index contributed by atoms with van der Waals surface area (Å²) in [7, 11) is 0. The van der Waals surface area contributed by atoms with Crippen molar-refractivity contribution in [1.29, 1.82) is 0 Å². The Morgan fingerprint density at radius 1 is 1.33 bits per heavy atom. The van der Waals surface area contributed by atoms with E-state index in [0.717, 1.165) is 6.42 Å². The second kappa shape index (κ2) is 5.78. The van der Waals surface area contributed by atoms with Gasteiger partial charge in [-0.25, -0.2) is 0 Å². The highest BCUT2D eigenvalue weighted by molar-refractivity contribution is 6.34. The predicted molar refractivity (Wildman–Crippen MR) is 70.5 cm³/mol. The van der Waals surface area contributed by atoms with E-state index in [1.807, 2.05) is 0 Å². The molecule has 1 aliphatic heterocycles. The van der Waals surface area contributed by atoms with Crippen molar-refractivity contribution in [3.63, 3.8) is 0 Å².